The molecule has 194 valence electrons. The Bertz CT molecular complexity index is 1260. The number of hydrogen-bond donors (Lipinski definition) is 4. The second kappa shape index (κ2) is 11.3. The Morgan fingerprint density at radius 1 is 1.11 bits per heavy atom. The molecule has 37 heavy (non-hydrogen) atoms. The van der Waals surface area contributed by atoms with Gasteiger partial charge in [0.15, 0.2) is 0 Å². The van der Waals surface area contributed by atoms with Gasteiger partial charge < -0.3 is 30.5 Å². The van der Waals surface area contributed by atoms with Crippen LogP contribution in [0.2, 0.25) is 0 Å². The van der Waals surface area contributed by atoms with Gasteiger partial charge in [-0.3, -0.25) is 28.9 Å². The standard InChI is InChI=1S/C25H26N4O8/c1-14-17(6-5-9-21(14)32)24(36)27-18-11-28(15(2)31)19-7-3-4-8-20(19)29(25(18)37)12-22(33)26-16(13-30)10-23(34)35/h3-9,13,16,18,32H,10-12H2,1-2H3,(H,26,33)(H,27,36)(H,34,35)/t16-,18-/m0/s1. The first-order chi connectivity index (χ1) is 17.5. The summed E-state index contributed by atoms with van der Waals surface area (Å²) in [5.74, 6) is -4.02. The maximum Gasteiger partial charge on any atom is 0.305 e. The number of aromatic hydroxyl groups is 1. The summed E-state index contributed by atoms with van der Waals surface area (Å²) in [7, 11) is 0. The van der Waals surface area contributed by atoms with Crippen LogP contribution in [0, 0.1) is 6.92 Å². The first-order valence-electron chi connectivity index (χ1n) is 11.3. The number of aliphatic carboxylic acids is 1. The fraction of sp³-hybridized carbons (Fsp3) is 0.280. The fourth-order valence-corrected chi connectivity index (χ4v) is 3.98. The van der Waals surface area contributed by atoms with Crippen LogP contribution in [0.5, 0.6) is 5.75 Å². The summed E-state index contributed by atoms with van der Waals surface area (Å²) in [4.78, 5) is 76.4. The molecule has 2 aromatic rings. The van der Waals surface area contributed by atoms with E-state index in [2.05, 4.69) is 10.6 Å². The number of nitrogens with one attached hydrogen (secondary N) is 2. The molecule has 0 saturated heterocycles. The minimum atomic E-state index is -1.31. The van der Waals surface area contributed by atoms with Gasteiger partial charge in [-0.25, -0.2) is 0 Å². The van der Waals surface area contributed by atoms with Gasteiger partial charge in [-0.2, -0.15) is 0 Å². The number of carboxylic acids is 1. The first-order valence-corrected chi connectivity index (χ1v) is 11.3. The largest absolute Gasteiger partial charge is 0.508 e. The molecule has 0 spiro atoms. The van der Waals surface area contributed by atoms with Crippen LogP contribution in [0.25, 0.3) is 0 Å². The molecule has 4 N–H and O–H groups in total. The van der Waals surface area contributed by atoms with Gasteiger partial charge in [-0.1, -0.05) is 18.2 Å². The average molecular weight is 511 g/mol. The fourth-order valence-electron chi connectivity index (χ4n) is 3.98. The molecule has 2 aromatic carbocycles. The predicted molar refractivity (Wildman–Crippen MR) is 131 cm³/mol. The van der Waals surface area contributed by atoms with E-state index in [1.807, 2.05) is 0 Å². The summed E-state index contributed by atoms with van der Waals surface area (Å²) >= 11 is 0. The zero-order chi connectivity index (χ0) is 27.3. The quantitative estimate of drug-likeness (QED) is 0.368. The van der Waals surface area contributed by atoms with Gasteiger partial charge in [0.2, 0.25) is 11.8 Å². The van der Waals surface area contributed by atoms with Gasteiger partial charge in [0.1, 0.15) is 24.6 Å². The van der Waals surface area contributed by atoms with Crippen LogP contribution in [0.4, 0.5) is 11.4 Å². The van der Waals surface area contributed by atoms with Crippen LogP contribution in [-0.4, -0.2) is 71.3 Å². The number of hydrogen-bond acceptors (Lipinski definition) is 7. The molecule has 1 aliphatic rings. The number of para-hydroxylation sites is 2. The minimum absolute atomic E-state index is 0.109. The van der Waals surface area contributed by atoms with Crippen LogP contribution < -0.4 is 20.4 Å². The highest BCUT2D eigenvalue weighted by atomic mass is 16.4. The molecule has 0 saturated carbocycles. The van der Waals surface area contributed by atoms with Gasteiger partial charge in [0, 0.05) is 18.1 Å². The average Bonchev–Trinajstić information content (AvgIpc) is 2.95. The van der Waals surface area contributed by atoms with Gasteiger partial charge >= 0.3 is 5.97 Å². The Labute approximate surface area is 211 Å². The van der Waals surface area contributed by atoms with Crippen LogP contribution in [0.3, 0.4) is 0 Å². The Balaban J connectivity index is 1.96. The molecule has 12 nitrogen and oxygen atoms in total. The van der Waals surface area contributed by atoms with Crippen molar-refractivity contribution in [3.8, 4) is 5.75 Å². The number of fused-ring (bicyclic) bond motifs is 1. The van der Waals surface area contributed by atoms with Gasteiger partial charge in [-0.05, 0) is 31.2 Å². The maximum absolute atomic E-state index is 13.6. The molecule has 4 amide bonds. The van der Waals surface area contributed by atoms with Crippen LogP contribution >= 0.6 is 0 Å². The third kappa shape index (κ3) is 6.10. The molecule has 3 rings (SSSR count). The first kappa shape index (κ1) is 26.9. The van der Waals surface area contributed by atoms with Crippen molar-refractivity contribution in [2.45, 2.75) is 32.4 Å². The molecule has 2 atom stereocenters. The van der Waals surface area contributed by atoms with E-state index in [0.29, 0.717) is 11.3 Å². The van der Waals surface area contributed by atoms with Gasteiger partial charge in [-0.15, -0.1) is 0 Å². The lowest BCUT2D eigenvalue weighted by Gasteiger charge is -2.25. The molecule has 0 unspecified atom stereocenters. The summed E-state index contributed by atoms with van der Waals surface area (Å²) < 4.78 is 0. The Hall–Kier alpha value is -4.74. The van der Waals surface area contributed by atoms with Crippen molar-refractivity contribution in [2.75, 3.05) is 22.9 Å². The van der Waals surface area contributed by atoms with E-state index < -0.39 is 54.6 Å². The summed E-state index contributed by atoms with van der Waals surface area (Å²) in [5, 5.41) is 23.7. The van der Waals surface area contributed by atoms with Crippen LogP contribution in [0.1, 0.15) is 29.3 Å². The number of carbonyl (C=O) groups is 6. The highest BCUT2D eigenvalue weighted by molar-refractivity contribution is 6.10. The molecule has 0 fully saturated rings. The zero-order valence-electron chi connectivity index (χ0n) is 20.1. The number of carbonyl (C=O) groups excluding carboxylic acids is 5. The number of amides is 4. The number of nitrogens with zero attached hydrogens (tertiary/aromatic N) is 2. The lowest BCUT2D eigenvalue weighted by Crippen LogP contribution is -2.54. The Morgan fingerprint density at radius 2 is 1.78 bits per heavy atom. The number of carboxylic acid groups (broad SMARTS) is 1. The topological polar surface area (TPSA) is 173 Å². The summed E-state index contributed by atoms with van der Waals surface area (Å²) in [6, 6.07) is 8.11. The van der Waals surface area contributed by atoms with E-state index >= 15 is 0 Å². The second-order valence-corrected chi connectivity index (χ2v) is 8.43. The van der Waals surface area contributed by atoms with Crippen molar-refractivity contribution in [1.29, 1.82) is 0 Å². The molecule has 0 radical (unpaired) electrons. The van der Waals surface area contributed by atoms with Crippen LogP contribution in [0.15, 0.2) is 42.5 Å². The molecule has 0 aliphatic carbocycles. The van der Waals surface area contributed by atoms with Gasteiger partial charge in [0.25, 0.3) is 11.8 Å². The number of aldehydes is 1. The molecule has 1 heterocycles. The molecule has 0 aromatic heterocycles. The predicted octanol–water partition coefficient (Wildman–Crippen LogP) is 0.357. The zero-order valence-corrected chi connectivity index (χ0v) is 20.1. The number of phenolic OH excluding ortho intramolecular Hbond substituents is 1. The van der Waals surface area contributed by atoms with Gasteiger partial charge in [0.05, 0.1) is 30.4 Å². The van der Waals surface area contributed by atoms with Crippen molar-refractivity contribution >= 4 is 47.3 Å². The minimum Gasteiger partial charge on any atom is -0.508 e. The number of benzene rings is 2. The number of phenols is 1. The van der Waals surface area contributed by atoms with Crippen molar-refractivity contribution in [2.24, 2.45) is 0 Å². The Kier molecular flexibility index (Phi) is 8.23. The SMILES string of the molecule is CC(=O)N1C[C@H](NC(=O)c2cccc(O)c2C)C(=O)N(CC(=O)N[C@H](C=O)CC(=O)O)c2ccccc21. The normalized spacial score (nSPS) is 15.7. The monoisotopic (exact) mass is 510 g/mol. The van der Waals surface area contributed by atoms with E-state index in [1.165, 1.54) is 43.0 Å². The van der Waals surface area contributed by atoms with Crippen LogP contribution in [-0.2, 0) is 24.0 Å². The highest BCUT2D eigenvalue weighted by Gasteiger charge is 2.37. The van der Waals surface area contributed by atoms with E-state index in [1.54, 1.807) is 18.2 Å². The van der Waals surface area contributed by atoms with Crippen molar-refractivity contribution in [3.63, 3.8) is 0 Å². The summed E-state index contributed by atoms with van der Waals surface area (Å²) in [6.07, 6.45) is -0.359. The van der Waals surface area contributed by atoms with E-state index in [9.17, 15) is 33.9 Å². The summed E-state index contributed by atoms with van der Waals surface area (Å²) in [5.41, 5.74) is 0.945. The van der Waals surface area contributed by atoms with Crippen molar-refractivity contribution in [3.05, 3.63) is 53.6 Å². The molecule has 1 aliphatic heterocycles. The molecule has 0 bridgehead atoms. The smallest absolute Gasteiger partial charge is 0.305 e. The number of rotatable bonds is 8. The Morgan fingerprint density at radius 3 is 2.41 bits per heavy atom. The molecular weight excluding hydrogens is 484 g/mol. The lowest BCUT2D eigenvalue weighted by atomic mass is 10.1. The molecular formula is C25H26N4O8. The summed E-state index contributed by atoms with van der Waals surface area (Å²) in [6.45, 7) is 1.99. The van der Waals surface area contributed by atoms with Crippen molar-refractivity contribution < 1.29 is 39.0 Å². The highest BCUT2D eigenvalue weighted by Crippen LogP contribution is 2.33. The maximum atomic E-state index is 13.6. The lowest BCUT2D eigenvalue weighted by molar-refractivity contribution is -0.139. The van der Waals surface area contributed by atoms with E-state index in [0.717, 1.165) is 4.90 Å². The third-order valence-electron chi connectivity index (χ3n) is 5.83. The molecule has 12 heteroatoms. The van der Waals surface area contributed by atoms with E-state index in [-0.39, 0.29) is 29.8 Å². The second-order valence-electron chi connectivity index (χ2n) is 8.43. The van der Waals surface area contributed by atoms with Crippen molar-refractivity contribution in [1.82, 2.24) is 10.6 Å². The number of anilines is 2. The third-order valence-corrected chi connectivity index (χ3v) is 5.83. The van der Waals surface area contributed by atoms with E-state index in [4.69, 9.17) is 5.11 Å².